The van der Waals surface area contributed by atoms with Crippen LogP contribution in [0.15, 0.2) is 29.4 Å². The van der Waals surface area contributed by atoms with Gasteiger partial charge in [0.25, 0.3) is 0 Å². The first kappa shape index (κ1) is 21.9. The Morgan fingerprint density at radius 3 is 2.50 bits per heavy atom. The Balaban J connectivity index is 2.12. The SMILES string of the molecule is CC(C)Cn1c(SCC(=O)NC(=O)NC(C)(C)C)nnc1-c1ccccc1F. The molecular formula is C19H26FN5O2S. The third-order valence-corrected chi connectivity index (χ3v) is 4.42. The molecular weight excluding hydrogens is 381 g/mol. The van der Waals surface area contributed by atoms with E-state index in [0.717, 1.165) is 11.8 Å². The van der Waals surface area contributed by atoms with Crippen molar-refractivity contribution in [1.29, 1.82) is 0 Å². The molecule has 0 spiro atoms. The predicted octanol–water partition coefficient (Wildman–Crippen LogP) is 3.46. The van der Waals surface area contributed by atoms with Crippen LogP contribution in [-0.2, 0) is 11.3 Å². The maximum atomic E-state index is 14.2. The van der Waals surface area contributed by atoms with E-state index in [0.29, 0.717) is 23.1 Å². The van der Waals surface area contributed by atoms with E-state index < -0.39 is 17.5 Å². The van der Waals surface area contributed by atoms with E-state index in [1.165, 1.54) is 6.07 Å². The van der Waals surface area contributed by atoms with E-state index in [1.807, 2.05) is 34.6 Å². The van der Waals surface area contributed by atoms with Crippen LogP contribution in [0.2, 0.25) is 0 Å². The molecule has 2 N–H and O–H groups in total. The van der Waals surface area contributed by atoms with Crippen molar-refractivity contribution in [3.05, 3.63) is 30.1 Å². The maximum Gasteiger partial charge on any atom is 0.321 e. The van der Waals surface area contributed by atoms with Gasteiger partial charge in [-0.3, -0.25) is 10.1 Å². The van der Waals surface area contributed by atoms with Crippen molar-refractivity contribution in [2.45, 2.75) is 51.9 Å². The van der Waals surface area contributed by atoms with Gasteiger partial charge in [0.2, 0.25) is 5.91 Å². The number of nitrogens with one attached hydrogen (secondary N) is 2. The third kappa shape index (κ3) is 6.33. The molecule has 28 heavy (non-hydrogen) atoms. The van der Waals surface area contributed by atoms with E-state index in [2.05, 4.69) is 20.8 Å². The number of thioether (sulfide) groups is 1. The molecule has 2 aromatic rings. The van der Waals surface area contributed by atoms with Gasteiger partial charge in [-0.05, 0) is 38.8 Å². The second-order valence-corrected chi connectivity index (χ2v) is 8.77. The monoisotopic (exact) mass is 407 g/mol. The molecule has 1 aromatic heterocycles. The van der Waals surface area contributed by atoms with Gasteiger partial charge in [-0.15, -0.1) is 10.2 Å². The minimum atomic E-state index is -0.547. The molecule has 152 valence electrons. The number of amides is 3. The number of aromatic nitrogens is 3. The van der Waals surface area contributed by atoms with Gasteiger partial charge in [-0.1, -0.05) is 37.7 Å². The summed E-state index contributed by atoms with van der Waals surface area (Å²) in [6.45, 7) is 10.1. The lowest BCUT2D eigenvalue weighted by Gasteiger charge is -2.20. The summed E-state index contributed by atoms with van der Waals surface area (Å²) in [5, 5.41) is 13.7. The number of imide groups is 1. The van der Waals surface area contributed by atoms with Crippen LogP contribution in [0, 0.1) is 11.7 Å². The molecule has 0 bridgehead atoms. The molecule has 0 aliphatic rings. The summed E-state index contributed by atoms with van der Waals surface area (Å²) in [5.41, 5.74) is -0.0830. The molecule has 0 aliphatic heterocycles. The lowest BCUT2D eigenvalue weighted by Crippen LogP contribution is -2.48. The fourth-order valence-corrected chi connectivity index (χ4v) is 3.18. The minimum absolute atomic E-state index is 0.00887. The molecule has 2 rings (SSSR count). The van der Waals surface area contributed by atoms with Gasteiger partial charge >= 0.3 is 6.03 Å². The van der Waals surface area contributed by atoms with E-state index in [4.69, 9.17) is 0 Å². The zero-order valence-corrected chi connectivity index (χ0v) is 17.6. The second-order valence-electron chi connectivity index (χ2n) is 7.83. The predicted molar refractivity (Wildman–Crippen MR) is 107 cm³/mol. The highest BCUT2D eigenvalue weighted by molar-refractivity contribution is 7.99. The summed E-state index contributed by atoms with van der Waals surface area (Å²) in [6.07, 6.45) is 0. The first-order chi connectivity index (χ1) is 13.1. The number of benzene rings is 1. The average molecular weight is 408 g/mol. The molecule has 0 radical (unpaired) electrons. The Bertz CT molecular complexity index is 845. The molecule has 1 aromatic carbocycles. The van der Waals surface area contributed by atoms with Gasteiger partial charge in [0, 0.05) is 12.1 Å². The van der Waals surface area contributed by atoms with Crippen LogP contribution in [0.25, 0.3) is 11.4 Å². The first-order valence-electron chi connectivity index (χ1n) is 8.99. The molecule has 9 heteroatoms. The highest BCUT2D eigenvalue weighted by Gasteiger charge is 2.20. The number of hydrogen-bond acceptors (Lipinski definition) is 5. The molecule has 0 aliphatic carbocycles. The minimum Gasteiger partial charge on any atom is -0.333 e. The van der Waals surface area contributed by atoms with Crippen molar-refractivity contribution < 1.29 is 14.0 Å². The Hall–Kier alpha value is -2.42. The molecule has 3 amide bonds. The van der Waals surface area contributed by atoms with Crippen LogP contribution in [-0.4, -0.2) is 38.0 Å². The Morgan fingerprint density at radius 2 is 1.89 bits per heavy atom. The van der Waals surface area contributed by atoms with Gasteiger partial charge in [0.1, 0.15) is 5.82 Å². The smallest absolute Gasteiger partial charge is 0.321 e. The summed E-state index contributed by atoms with van der Waals surface area (Å²) in [7, 11) is 0. The number of hydrogen-bond donors (Lipinski definition) is 2. The summed E-state index contributed by atoms with van der Waals surface area (Å²) >= 11 is 1.15. The van der Waals surface area contributed by atoms with Crippen LogP contribution in [0.4, 0.5) is 9.18 Å². The van der Waals surface area contributed by atoms with Crippen molar-refractivity contribution in [2.24, 2.45) is 5.92 Å². The summed E-state index contributed by atoms with van der Waals surface area (Å²) < 4.78 is 16.0. The van der Waals surface area contributed by atoms with Crippen LogP contribution in [0.1, 0.15) is 34.6 Å². The van der Waals surface area contributed by atoms with E-state index >= 15 is 0 Å². The fraction of sp³-hybridized carbons (Fsp3) is 0.474. The number of urea groups is 1. The van der Waals surface area contributed by atoms with E-state index in [-0.39, 0.29) is 17.5 Å². The largest absolute Gasteiger partial charge is 0.333 e. The van der Waals surface area contributed by atoms with Crippen molar-refractivity contribution in [3.63, 3.8) is 0 Å². The highest BCUT2D eigenvalue weighted by Crippen LogP contribution is 2.26. The summed E-state index contributed by atoms with van der Waals surface area (Å²) in [4.78, 5) is 23.9. The standard InChI is InChI=1S/C19H26FN5O2S/c1-12(2)10-25-16(13-8-6-7-9-14(13)20)23-24-18(25)28-11-15(26)21-17(27)22-19(3,4)5/h6-9,12H,10-11H2,1-5H3,(H2,21,22,26,27). The van der Waals surface area contributed by atoms with Gasteiger partial charge in [0.05, 0.1) is 11.3 Å². The number of nitrogens with zero attached hydrogens (tertiary/aromatic N) is 3. The highest BCUT2D eigenvalue weighted by atomic mass is 32.2. The van der Waals surface area contributed by atoms with Gasteiger partial charge in [-0.2, -0.15) is 0 Å². The van der Waals surface area contributed by atoms with Gasteiger partial charge < -0.3 is 9.88 Å². The normalized spacial score (nSPS) is 11.5. The van der Waals surface area contributed by atoms with Crippen LogP contribution >= 0.6 is 11.8 Å². The van der Waals surface area contributed by atoms with Gasteiger partial charge in [-0.25, -0.2) is 9.18 Å². The molecule has 1 heterocycles. The van der Waals surface area contributed by atoms with Crippen molar-refractivity contribution in [2.75, 3.05) is 5.75 Å². The zero-order valence-electron chi connectivity index (χ0n) is 16.7. The topological polar surface area (TPSA) is 88.9 Å². The Morgan fingerprint density at radius 1 is 1.21 bits per heavy atom. The van der Waals surface area contributed by atoms with Gasteiger partial charge in [0.15, 0.2) is 11.0 Å². The Labute approximate surface area is 168 Å². The second kappa shape index (κ2) is 9.18. The van der Waals surface area contributed by atoms with E-state index in [9.17, 15) is 14.0 Å². The zero-order chi connectivity index (χ0) is 20.9. The maximum absolute atomic E-state index is 14.2. The number of halogens is 1. The van der Waals surface area contributed by atoms with Crippen molar-refractivity contribution in [1.82, 2.24) is 25.4 Å². The lowest BCUT2D eigenvalue weighted by atomic mass is 10.1. The first-order valence-corrected chi connectivity index (χ1v) is 9.98. The van der Waals surface area contributed by atoms with Crippen LogP contribution in [0.5, 0.6) is 0 Å². The Kier molecular flexibility index (Phi) is 7.17. The van der Waals surface area contributed by atoms with Crippen LogP contribution in [0.3, 0.4) is 0 Å². The number of carbonyl (C=O) groups excluding carboxylic acids is 2. The molecule has 0 fully saturated rings. The fourth-order valence-electron chi connectivity index (χ4n) is 2.43. The number of carbonyl (C=O) groups is 2. The van der Waals surface area contributed by atoms with Crippen molar-refractivity contribution >= 4 is 23.7 Å². The quantitative estimate of drug-likeness (QED) is 0.716. The van der Waals surface area contributed by atoms with E-state index in [1.54, 1.807) is 22.8 Å². The average Bonchev–Trinajstić information content (AvgIpc) is 2.93. The molecule has 0 saturated carbocycles. The molecule has 7 nitrogen and oxygen atoms in total. The number of rotatable bonds is 6. The molecule has 0 unspecified atom stereocenters. The molecule has 0 atom stereocenters. The molecule has 0 saturated heterocycles. The lowest BCUT2D eigenvalue weighted by molar-refractivity contribution is -0.117. The summed E-state index contributed by atoms with van der Waals surface area (Å²) in [6, 6.07) is 5.83. The van der Waals surface area contributed by atoms with Crippen LogP contribution < -0.4 is 10.6 Å². The van der Waals surface area contributed by atoms with Crippen molar-refractivity contribution in [3.8, 4) is 11.4 Å². The summed E-state index contributed by atoms with van der Waals surface area (Å²) in [5.74, 6) is -0.149. The third-order valence-electron chi connectivity index (χ3n) is 3.45.